The van der Waals surface area contributed by atoms with Crippen molar-refractivity contribution in [3.63, 3.8) is 0 Å². The minimum atomic E-state index is 0.150. The minimum absolute atomic E-state index is 0.150. The molecule has 2 aromatic rings. The second-order valence-corrected chi connectivity index (χ2v) is 5.65. The van der Waals surface area contributed by atoms with Gasteiger partial charge in [-0.2, -0.15) is 5.10 Å². The molecule has 1 aromatic carbocycles. The van der Waals surface area contributed by atoms with Crippen molar-refractivity contribution in [1.82, 2.24) is 15.1 Å². The number of hydrogen-bond donors (Lipinski definition) is 1. The maximum atomic E-state index is 12.0. The molecule has 1 aliphatic rings. The molecular formula is C18H21N3O. The number of allylic oxidation sites excluding steroid dienone is 2. The third-order valence-electron chi connectivity index (χ3n) is 4.01. The maximum absolute atomic E-state index is 12.0. The molecule has 0 saturated carbocycles. The summed E-state index contributed by atoms with van der Waals surface area (Å²) in [5, 5.41) is 7.41. The van der Waals surface area contributed by atoms with Gasteiger partial charge >= 0.3 is 0 Å². The van der Waals surface area contributed by atoms with Crippen molar-refractivity contribution >= 4 is 5.91 Å². The van der Waals surface area contributed by atoms with Crippen LogP contribution < -0.4 is 5.32 Å². The summed E-state index contributed by atoms with van der Waals surface area (Å²) in [6.07, 6.45) is 11.8. The highest BCUT2D eigenvalue weighted by Crippen LogP contribution is 2.17. The van der Waals surface area contributed by atoms with E-state index >= 15 is 0 Å². The van der Waals surface area contributed by atoms with Crippen molar-refractivity contribution in [3.8, 4) is 5.69 Å². The Labute approximate surface area is 130 Å². The van der Waals surface area contributed by atoms with Crippen LogP contribution in [0.1, 0.15) is 24.8 Å². The predicted molar refractivity (Wildman–Crippen MR) is 86.8 cm³/mol. The summed E-state index contributed by atoms with van der Waals surface area (Å²) < 4.78 is 1.86. The van der Waals surface area contributed by atoms with Gasteiger partial charge in [0, 0.05) is 18.7 Å². The van der Waals surface area contributed by atoms with Gasteiger partial charge in [-0.05, 0) is 43.4 Å². The Morgan fingerprint density at radius 2 is 2.14 bits per heavy atom. The zero-order valence-electron chi connectivity index (χ0n) is 12.6. The standard InChI is InChI=1S/C18H21N3O/c22-18(16-7-3-1-4-8-16)19-12-11-15-13-20-21(14-15)17-9-5-2-6-10-17/h1-3,5-6,9-10,13-14,16H,4,7-8,11-12H2,(H,19,22)/t16-/m1/s1. The predicted octanol–water partition coefficient (Wildman–Crippen LogP) is 2.89. The van der Waals surface area contributed by atoms with E-state index in [1.165, 1.54) is 0 Å². The fourth-order valence-corrected chi connectivity index (χ4v) is 2.72. The van der Waals surface area contributed by atoms with Crippen LogP contribution in [0, 0.1) is 5.92 Å². The summed E-state index contributed by atoms with van der Waals surface area (Å²) >= 11 is 0. The number of nitrogens with one attached hydrogen (secondary N) is 1. The minimum Gasteiger partial charge on any atom is -0.356 e. The van der Waals surface area contributed by atoms with Crippen LogP contribution in [-0.4, -0.2) is 22.2 Å². The van der Waals surface area contributed by atoms with Gasteiger partial charge < -0.3 is 5.32 Å². The number of rotatable bonds is 5. The zero-order chi connectivity index (χ0) is 15.2. The van der Waals surface area contributed by atoms with E-state index in [4.69, 9.17) is 0 Å². The van der Waals surface area contributed by atoms with Crippen LogP contribution in [0.3, 0.4) is 0 Å². The molecule has 114 valence electrons. The molecule has 1 aromatic heterocycles. The molecule has 1 heterocycles. The van der Waals surface area contributed by atoms with E-state index in [1.54, 1.807) is 0 Å². The summed E-state index contributed by atoms with van der Waals surface area (Å²) in [5.41, 5.74) is 2.18. The Morgan fingerprint density at radius 1 is 1.27 bits per heavy atom. The Hall–Kier alpha value is -2.36. The SMILES string of the molecule is O=C(NCCc1cnn(-c2ccccc2)c1)[C@@H]1CC=CCC1. The average molecular weight is 295 g/mol. The number of hydrogen-bond acceptors (Lipinski definition) is 2. The van der Waals surface area contributed by atoms with Gasteiger partial charge in [0.1, 0.15) is 0 Å². The van der Waals surface area contributed by atoms with E-state index in [2.05, 4.69) is 22.6 Å². The van der Waals surface area contributed by atoms with Crippen molar-refractivity contribution in [3.05, 3.63) is 60.4 Å². The molecule has 4 nitrogen and oxygen atoms in total. The highest BCUT2D eigenvalue weighted by Gasteiger charge is 2.17. The number of benzene rings is 1. The molecule has 1 atom stereocenters. The van der Waals surface area contributed by atoms with Crippen LogP contribution >= 0.6 is 0 Å². The lowest BCUT2D eigenvalue weighted by Gasteiger charge is -2.16. The number of para-hydroxylation sites is 1. The van der Waals surface area contributed by atoms with Crippen molar-refractivity contribution < 1.29 is 4.79 Å². The Morgan fingerprint density at radius 3 is 2.91 bits per heavy atom. The molecule has 0 fully saturated rings. The van der Waals surface area contributed by atoms with Gasteiger partial charge in [-0.3, -0.25) is 4.79 Å². The fraction of sp³-hybridized carbons (Fsp3) is 0.333. The first-order valence-electron chi connectivity index (χ1n) is 7.84. The molecule has 22 heavy (non-hydrogen) atoms. The van der Waals surface area contributed by atoms with Crippen molar-refractivity contribution in [2.75, 3.05) is 6.54 Å². The summed E-state index contributed by atoms with van der Waals surface area (Å²) in [4.78, 5) is 12.0. The second kappa shape index (κ2) is 7.07. The molecule has 0 unspecified atom stereocenters. The van der Waals surface area contributed by atoms with Crippen molar-refractivity contribution in [1.29, 1.82) is 0 Å². The highest BCUT2D eigenvalue weighted by atomic mass is 16.1. The molecule has 1 amide bonds. The molecule has 0 aliphatic heterocycles. The smallest absolute Gasteiger partial charge is 0.223 e. The molecule has 3 rings (SSSR count). The van der Waals surface area contributed by atoms with E-state index in [0.29, 0.717) is 6.54 Å². The quantitative estimate of drug-likeness (QED) is 0.862. The van der Waals surface area contributed by atoms with E-state index < -0.39 is 0 Å². The van der Waals surface area contributed by atoms with E-state index in [9.17, 15) is 4.79 Å². The third kappa shape index (κ3) is 3.64. The largest absolute Gasteiger partial charge is 0.356 e. The first kappa shape index (κ1) is 14.6. The van der Waals surface area contributed by atoms with Crippen LogP contribution in [0.15, 0.2) is 54.9 Å². The normalized spacial score (nSPS) is 17.4. The number of amides is 1. The molecular weight excluding hydrogens is 274 g/mol. The lowest BCUT2D eigenvalue weighted by Crippen LogP contribution is -2.32. The number of aromatic nitrogens is 2. The summed E-state index contributed by atoms with van der Waals surface area (Å²) in [6, 6.07) is 10.0. The second-order valence-electron chi connectivity index (χ2n) is 5.65. The maximum Gasteiger partial charge on any atom is 0.223 e. The summed E-state index contributed by atoms with van der Waals surface area (Å²) in [7, 11) is 0. The first-order chi connectivity index (χ1) is 10.8. The highest BCUT2D eigenvalue weighted by molar-refractivity contribution is 5.78. The lowest BCUT2D eigenvalue weighted by atomic mass is 9.94. The molecule has 0 spiro atoms. The summed E-state index contributed by atoms with van der Waals surface area (Å²) in [5.74, 6) is 0.330. The Balaban J connectivity index is 1.49. The van der Waals surface area contributed by atoms with Gasteiger partial charge in [0.25, 0.3) is 0 Å². The number of nitrogens with zero attached hydrogens (tertiary/aromatic N) is 2. The topological polar surface area (TPSA) is 46.9 Å². The molecule has 4 heteroatoms. The van der Waals surface area contributed by atoms with Crippen molar-refractivity contribution in [2.45, 2.75) is 25.7 Å². The van der Waals surface area contributed by atoms with Gasteiger partial charge in [-0.1, -0.05) is 30.4 Å². The molecule has 0 bridgehead atoms. The molecule has 0 saturated heterocycles. The monoisotopic (exact) mass is 295 g/mol. The number of carbonyl (C=O) groups excluding carboxylic acids is 1. The van der Waals surface area contributed by atoms with Crippen LogP contribution in [0.5, 0.6) is 0 Å². The van der Waals surface area contributed by atoms with Crippen LogP contribution in [0.2, 0.25) is 0 Å². The van der Waals surface area contributed by atoms with Crippen LogP contribution in [-0.2, 0) is 11.2 Å². The molecule has 1 aliphatic carbocycles. The van der Waals surface area contributed by atoms with E-state index in [1.807, 2.05) is 47.4 Å². The Bertz CT molecular complexity index is 645. The van der Waals surface area contributed by atoms with Crippen LogP contribution in [0.4, 0.5) is 0 Å². The fourth-order valence-electron chi connectivity index (χ4n) is 2.72. The van der Waals surface area contributed by atoms with E-state index in [0.717, 1.165) is 36.9 Å². The van der Waals surface area contributed by atoms with Gasteiger partial charge in [-0.15, -0.1) is 0 Å². The summed E-state index contributed by atoms with van der Waals surface area (Å²) in [6.45, 7) is 0.666. The van der Waals surface area contributed by atoms with Gasteiger partial charge in [0.2, 0.25) is 5.91 Å². The average Bonchev–Trinajstić information content (AvgIpc) is 3.05. The van der Waals surface area contributed by atoms with Gasteiger partial charge in [0.05, 0.1) is 11.9 Å². The number of carbonyl (C=O) groups is 1. The van der Waals surface area contributed by atoms with E-state index in [-0.39, 0.29) is 11.8 Å². The van der Waals surface area contributed by atoms with Gasteiger partial charge in [0.15, 0.2) is 0 Å². The zero-order valence-corrected chi connectivity index (χ0v) is 12.6. The lowest BCUT2D eigenvalue weighted by molar-refractivity contribution is -0.125. The first-order valence-corrected chi connectivity index (χ1v) is 7.84. The molecule has 1 N–H and O–H groups in total. The van der Waals surface area contributed by atoms with Gasteiger partial charge in [-0.25, -0.2) is 4.68 Å². The van der Waals surface area contributed by atoms with Crippen molar-refractivity contribution in [2.24, 2.45) is 5.92 Å². The van der Waals surface area contributed by atoms with Crippen LogP contribution in [0.25, 0.3) is 5.69 Å². The Kier molecular flexibility index (Phi) is 4.68. The third-order valence-corrected chi connectivity index (χ3v) is 4.01. The molecule has 0 radical (unpaired) electrons.